The number of hydrogen-bond donors (Lipinski definition) is 2. The van der Waals surface area contributed by atoms with E-state index < -0.39 is 10.1 Å². The Morgan fingerprint density at radius 2 is 1.58 bits per heavy atom. The van der Waals surface area contributed by atoms with Crippen molar-refractivity contribution >= 4 is 10.1 Å². The molecule has 0 atom stereocenters. The molecule has 1 aromatic carbocycles. The SMILES string of the molecule is O=S(=O)(O)c1ccc(O)cc1.[H-].[K+]. The zero-order valence-corrected chi connectivity index (χ0v) is 10.4. The molecule has 0 saturated heterocycles. The van der Waals surface area contributed by atoms with Gasteiger partial charge in [0.2, 0.25) is 0 Å². The monoisotopic (exact) mass is 214 g/mol. The molecule has 0 aromatic heterocycles. The van der Waals surface area contributed by atoms with Crippen LogP contribution in [0.2, 0.25) is 0 Å². The van der Waals surface area contributed by atoms with Gasteiger partial charge in [-0.3, -0.25) is 4.55 Å². The molecule has 0 spiro atoms. The molecule has 4 nitrogen and oxygen atoms in total. The van der Waals surface area contributed by atoms with E-state index in [2.05, 4.69) is 0 Å². The summed E-state index contributed by atoms with van der Waals surface area (Å²) in [6.45, 7) is 0. The maximum atomic E-state index is 10.4. The van der Waals surface area contributed by atoms with E-state index in [1.165, 1.54) is 12.1 Å². The molecular formula is C6H7KO4S. The topological polar surface area (TPSA) is 74.6 Å². The van der Waals surface area contributed by atoms with Crippen molar-refractivity contribution in [2.24, 2.45) is 0 Å². The van der Waals surface area contributed by atoms with Crippen LogP contribution in [-0.4, -0.2) is 18.1 Å². The number of benzene rings is 1. The smallest absolute Gasteiger partial charge is 1.00 e. The molecule has 2 N–H and O–H groups in total. The van der Waals surface area contributed by atoms with Crippen LogP contribution in [0.1, 0.15) is 1.43 Å². The Bertz CT molecular complexity index is 347. The van der Waals surface area contributed by atoms with Crippen LogP contribution in [0.3, 0.4) is 0 Å². The van der Waals surface area contributed by atoms with E-state index >= 15 is 0 Å². The summed E-state index contributed by atoms with van der Waals surface area (Å²) in [4.78, 5) is -0.227. The third kappa shape index (κ3) is 3.52. The fourth-order valence-electron chi connectivity index (χ4n) is 0.618. The van der Waals surface area contributed by atoms with E-state index in [0.717, 1.165) is 12.1 Å². The van der Waals surface area contributed by atoms with Gasteiger partial charge in [0, 0.05) is 0 Å². The first-order valence-corrected chi connectivity index (χ1v) is 4.21. The summed E-state index contributed by atoms with van der Waals surface area (Å²) in [6, 6.07) is 4.60. The zero-order chi connectivity index (χ0) is 8.48. The normalized spacial score (nSPS) is 10.4. The van der Waals surface area contributed by atoms with Gasteiger partial charge in [-0.15, -0.1) is 0 Å². The van der Waals surface area contributed by atoms with Crippen molar-refractivity contribution in [1.82, 2.24) is 0 Å². The molecule has 0 fully saturated rings. The van der Waals surface area contributed by atoms with Gasteiger partial charge in [-0.2, -0.15) is 8.42 Å². The van der Waals surface area contributed by atoms with Crippen LogP contribution in [-0.2, 0) is 10.1 Å². The van der Waals surface area contributed by atoms with Crippen LogP contribution in [0.15, 0.2) is 29.2 Å². The fraction of sp³-hybridized carbons (Fsp3) is 0. The van der Waals surface area contributed by atoms with Gasteiger partial charge in [0.1, 0.15) is 5.75 Å². The summed E-state index contributed by atoms with van der Waals surface area (Å²) in [6.07, 6.45) is 0. The molecule has 0 saturated carbocycles. The van der Waals surface area contributed by atoms with Crippen molar-refractivity contribution in [1.29, 1.82) is 0 Å². The number of phenols is 1. The standard InChI is InChI=1S/C6H6O4S.K.H/c7-5-1-3-6(4-2-5)11(8,9)10;;/h1-4,7H,(H,8,9,10);;/q;+1;-1. The predicted octanol–water partition coefficient (Wildman–Crippen LogP) is -2.24. The van der Waals surface area contributed by atoms with Gasteiger partial charge in [-0.25, -0.2) is 0 Å². The molecule has 62 valence electrons. The number of hydrogen-bond acceptors (Lipinski definition) is 3. The molecule has 0 aliphatic heterocycles. The summed E-state index contributed by atoms with van der Waals surface area (Å²) in [7, 11) is -4.13. The van der Waals surface area contributed by atoms with Gasteiger partial charge in [0.15, 0.2) is 0 Å². The van der Waals surface area contributed by atoms with Gasteiger partial charge in [0.25, 0.3) is 10.1 Å². The van der Waals surface area contributed by atoms with Gasteiger partial charge < -0.3 is 6.53 Å². The minimum absolute atomic E-state index is 0. The van der Waals surface area contributed by atoms with E-state index in [1.807, 2.05) is 0 Å². The Kier molecular flexibility index (Phi) is 4.93. The molecule has 0 amide bonds. The van der Waals surface area contributed by atoms with E-state index in [1.54, 1.807) is 0 Å². The molecule has 0 aliphatic carbocycles. The van der Waals surface area contributed by atoms with E-state index in [-0.39, 0.29) is 63.5 Å². The zero-order valence-electron chi connectivity index (χ0n) is 7.43. The molecule has 12 heavy (non-hydrogen) atoms. The maximum absolute atomic E-state index is 10.4. The maximum Gasteiger partial charge on any atom is 1.00 e. The molecule has 0 heterocycles. The Morgan fingerprint density at radius 1 is 1.17 bits per heavy atom. The Morgan fingerprint density at radius 3 is 1.92 bits per heavy atom. The molecule has 0 unspecified atom stereocenters. The second-order valence-corrected chi connectivity index (χ2v) is 3.39. The molecule has 1 rings (SSSR count). The van der Waals surface area contributed by atoms with Gasteiger partial charge >= 0.3 is 51.4 Å². The van der Waals surface area contributed by atoms with Crippen LogP contribution < -0.4 is 51.4 Å². The molecule has 0 bridgehead atoms. The Labute approximate surface area is 114 Å². The first-order valence-electron chi connectivity index (χ1n) is 2.77. The van der Waals surface area contributed by atoms with Crippen molar-refractivity contribution in [2.75, 3.05) is 0 Å². The van der Waals surface area contributed by atoms with E-state index in [0.29, 0.717) is 0 Å². The first-order chi connectivity index (χ1) is 5.00. The predicted molar refractivity (Wildman–Crippen MR) is 39.0 cm³/mol. The van der Waals surface area contributed by atoms with Crippen molar-refractivity contribution in [3.63, 3.8) is 0 Å². The number of rotatable bonds is 1. The van der Waals surface area contributed by atoms with Crippen molar-refractivity contribution in [3.8, 4) is 5.75 Å². The van der Waals surface area contributed by atoms with Crippen LogP contribution in [0.25, 0.3) is 0 Å². The van der Waals surface area contributed by atoms with Crippen LogP contribution in [0.4, 0.5) is 0 Å². The van der Waals surface area contributed by atoms with E-state index in [4.69, 9.17) is 9.66 Å². The summed E-state index contributed by atoms with van der Waals surface area (Å²) >= 11 is 0. The molecule has 1 aromatic rings. The molecule has 0 aliphatic rings. The largest absolute Gasteiger partial charge is 1.00 e. The van der Waals surface area contributed by atoms with Crippen molar-refractivity contribution in [2.45, 2.75) is 4.90 Å². The average Bonchev–Trinajstić information content (AvgIpc) is 1.86. The quantitative estimate of drug-likeness (QED) is 0.409. The van der Waals surface area contributed by atoms with Gasteiger partial charge in [-0.1, -0.05) is 0 Å². The minimum atomic E-state index is -4.13. The molecule has 0 radical (unpaired) electrons. The minimum Gasteiger partial charge on any atom is -1.00 e. The summed E-state index contributed by atoms with van der Waals surface area (Å²) in [5, 5.41) is 8.75. The molecule has 6 heteroatoms. The van der Waals surface area contributed by atoms with Crippen LogP contribution in [0.5, 0.6) is 5.75 Å². The van der Waals surface area contributed by atoms with Gasteiger partial charge in [0.05, 0.1) is 4.90 Å². The van der Waals surface area contributed by atoms with Crippen molar-refractivity contribution < 1.29 is 70.9 Å². The third-order valence-corrected chi connectivity index (χ3v) is 2.00. The number of aromatic hydroxyl groups is 1. The second-order valence-electron chi connectivity index (χ2n) is 1.97. The number of phenolic OH excluding ortho intramolecular Hbond substituents is 1. The summed E-state index contributed by atoms with van der Waals surface area (Å²) in [5.41, 5.74) is 0. The first kappa shape index (κ1) is 12.6. The fourth-order valence-corrected chi connectivity index (χ4v) is 1.10. The third-order valence-electron chi connectivity index (χ3n) is 1.13. The average molecular weight is 214 g/mol. The summed E-state index contributed by atoms with van der Waals surface area (Å²) in [5.74, 6) is -0.0441. The molecular weight excluding hydrogens is 207 g/mol. The van der Waals surface area contributed by atoms with Crippen molar-refractivity contribution in [3.05, 3.63) is 24.3 Å². The van der Waals surface area contributed by atoms with Crippen LogP contribution in [0, 0.1) is 0 Å². The second kappa shape index (κ2) is 4.71. The Balaban J connectivity index is 0. The van der Waals surface area contributed by atoms with Gasteiger partial charge in [-0.05, 0) is 24.3 Å². The van der Waals surface area contributed by atoms with E-state index in [9.17, 15) is 8.42 Å². The van der Waals surface area contributed by atoms with Crippen LogP contribution >= 0.6 is 0 Å². The summed E-state index contributed by atoms with van der Waals surface area (Å²) < 4.78 is 29.3. The Hall–Kier alpha value is 0.566.